The van der Waals surface area contributed by atoms with Crippen molar-refractivity contribution in [3.05, 3.63) is 55.6 Å². The molecule has 1 heterocycles. The van der Waals surface area contributed by atoms with E-state index in [4.69, 9.17) is 16.3 Å². The average molecular weight is 569 g/mol. The summed E-state index contributed by atoms with van der Waals surface area (Å²) in [6.45, 7) is 5.20. The van der Waals surface area contributed by atoms with Gasteiger partial charge >= 0.3 is 23.8 Å². The lowest BCUT2D eigenvalue weighted by Gasteiger charge is -2.31. The van der Waals surface area contributed by atoms with Crippen LogP contribution in [0, 0.1) is 11.7 Å². The SMILES string of the molecule is CCOC(=O)CCC(CC(C)C)(Sc1cc(-n2c(=O)cc(C(F)(F)F)n(C)c2=O)c(F)cc1Cl)C(=O)O. The van der Waals surface area contributed by atoms with E-state index in [9.17, 15) is 41.8 Å². The smallest absolute Gasteiger partial charge is 0.431 e. The van der Waals surface area contributed by atoms with Crippen molar-refractivity contribution < 1.29 is 37.0 Å². The van der Waals surface area contributed by atoms with E-state index in [0.29, 0.717) is 11.8 Å². The first-order valence-corrected chi connectivity index (χ1v) is 12.2. The zero-order valence-electron chi connectivity index (χ0n) is 20.3. The third-order valence-electron chi connectivity index (χ3n) is 5.32. The van der Waals surface area contributed by atoms with Crippen LogP contribution in [0.5, 0.6) is 0 Å². The van der Waals surface area contributed by atoms with Crippen molar-refractivity contribution in [3.8, 4) is 5.69 Å². The predicted molar refractivity (Wildman–Crippen MR) is 129 cm³/mol. The molecule has 1 aromatic heterocycles. The Balaban J connectivity index is 2.69. The minimum Gasteiger partial charge on any atom is -0.480 e. The Labute approximate surface area is 218 Å². The highest BCUT2D eigenvalue weighted by atomic mass is 35.5. The number of carboxylic acid groups (broad SMARTS) is 1. The first kappa shape index (κ1) is 30.4. The number of ether oxygens (including phenoxy) is 1. The number of halogens is 5. The Morgan fingerprint density at radius 2 is 1.81 bits per heavy atom. The lowest BCUT2D eigenvalue weighted by atomic mass is 9.92. The standard InChI is InChI=1S/C23H25ClF4N2O6S/c1-5-36-19(32)6-7-22(20(33)34,11-12(2)3)37-16-9-15(14(25)8-13(16)24)30-18(31)10-17(23(26,27)28)29(4)21(30)35/h8-10,12H,5-7,11H2,1-4H3,(H,33,34). The number of benzene rings is 1. The first-order valence-electron chi connectivity index (χ1n) is 11.0. The number of esters is 1. The average Bonchev–Trinajstić information content (AvgIpc) is 2.76. The quantitative estimate of drug-likeness (QED) is 0.252. The summed E-state index contributed by atoms with van der Waals surface area (Å²) < 4.78 is 58.1. The molecule has 0 spiro atoms. The van der Waals surface area contributed by atoms with Crippen LogP contribution in [0.3, 0.4) is 0 Å². The van der Waals surface area contributed by atoms with Crippen LogP contribution in [-0.2, 0) is 27.5 Å². The molecule has 2 rings (SSSR count). The van der Waals surface area contributed by atoms with Gasteiger partial charge in [0.15, 0.2) is 0 Å². The lowest BCUT2D eigenvalue weighted by Crippen LogP contribution is -2.41. The van der Waals surface area contributed by atoms with Crippen LogP contribution < -0.4 is 11.2 Å². The first-order chi connectivity index (χ1) is 17.0. The Bertz CT molecular complexity index is 1310. The third kappa shape index (κ3) is 6.95. The van der Waals surface area contributed by atoms with Gasteiger partial charge in [-0.2, -0.15) is 13.2 Å². The van der Waals surface area contributed by atoms with Gasteiger partial charge in [-0.25, -0.2) is 13.8 Å². The minimum atomic E-state index is -5.01. The molecule has 0 amide bonds. The monoisotopic (exact) mass is 568 g/mol. The summed E-state index contributed by atoms with van der Waals surface area (Å²) in [6.07, 6.45) is -5.39. The molecular formula is C23H25ClF4N2O6S. The molecule has 0 bridgehead atoms. The normalized spacial score (nSPS) is 13.5. The number of carbonyl (C=O) groups is 2. The number of hydrogen-bond acceptors (Lipinski definition) is 6. The summed E-state index contributed by atoms with van der Waals surface area (Å²) in [5.41, 5.74) is -5.14. The van der Waals surface area contributed by atoms with E-state index < -0.39 is 51.3 Å². The number of aliphatic carboxylic acids is 1. The fourth-order valence-electron chi connectivity index (χ4n) is 3.73. The van der Waals surface area contributed by atoms with Gasteiger partial charge in [-0.1, -0.05) is 25.4 Å². The zero-order chi connectivity index (χ0) is 28.3. The summed E-state index contributed by atoms with van der Waals surface area (Å²) in [7, 11) is 0.776. The lowest BCUT2D eigenvalue weighted by molar-refractivity contribution is -0.145. The molecule has 1 N–H and O–H groups in total. The summed E-state index contributed by atoms with van der Waals surface area (Å²) >= 11 is 6.87. The summed E-state index contributed by atoms with van der Waals surface area (Å²) in [5, 5.41) is 9.88. The second-order valence-corrected chi connectivity index (χ2v) is 10.4. The van der Waals surface area contributed by atoms with Gasteiger partial charge in [0, 0.05) is 24.4 Å². The van der Waals surface area contributed by atoms with E-state index in [0.717, 1.165) is 19.2 Å². The van der Waals surface area contributed by atoms with Crippen LogP contribution in [0.25, 0.3) is 5.69 Å². The number of carboxylic acids is 1. The molecule has 37 heavy (non-hydrogen) atoms. The maximum Gasteiger partial charge on any atom is 0.431 e. The molecule has 0 aliphatic rings. The fourth-order valence-corrected chi connectivity index (χ4v) is 5.45. The number of thioether (sulfide) groups is 1. The van der Waals surface area contributed by atoms with E-state index in [1.807, 2.05) is 0 Å². The zero-order valence-corrected chi connectivity index (χ0v) is 21.9. The molecule has 0 saturated heterocycles. The molecule has 1 unspecified atom stereocenters. The van der Waals surface area contributed by atoms with Gasteiger partial charge in [0.2, 0.25) is 0 Å². The maximum absolute atomic E-state index is 14.9. The number of rotatable bonds is 10. The number of nitrogens with zero attached hydrogens (tertiary/aromatic N) is 2. The van der Waals surface area contributed by atoms with Gasteiger partial charge in [-0.3, -0.25) is 19.0 Å². The maximum atomic E-state index is 14.9. The molecule has 8 nitrogen and oxygen atoms in total. The van der Waals surface area contributed by atoms with Gasteiger partial charge in [0.1, 0.15) is 16.3 Å². The Hall–Kier alpha value is -2.80. The van der Waals surface area contributed by atoms with Gasteiger partial charge in [0.25, 0.3) is 5.56 Å². The highest BCUT2D eigenvalue weighted by Crippen LogP contribution is 2.45. The molecule has 0 radical (unpaired) electrons. The molecule has 14 heteroatoms. The van der Waals surface area contributed by atoms with Crippen LogP contribution in [-0.4, -0.2) is 37.5 Å². The van der Waals surface area contributed by atoms with Crippen LogP contribution >= 0.6 is 23.4 Å². The van der Waals surface area contributed by atoms with Gasteiger partial charge in [-0.15, -0.1) is 11.8 Å². The van der Waals surface area contributed by atoms with Crippen molar-refractivity contribution in [1.29, 1.82) is 0 Å². The van der Waals surface area contributed by atoms with Crippen LogP contribution in [0.2, 0.25) is 5.02 Å². The van der Waals surface area contributed by atoms with Crippen LogP contribution in [0.4, 0.5) is 17.6 Å². The van der Waals surface area contributed by atoms with E-state index >= 15 is 0 Å². The second kappa shape index (κ2) is 11.7. The molecule has 0 aliphatic heterocycles. The van der Waals surface area contributed by atoms with Crippen LogP contribution in [0.1, 0.15) is 45.7 Å². The van der Waals surface area contributed by atoms with E-state index in [-0.39, 0.29) is 56.9 Å². The Morgan fingerprint density at radius 1 is 1.19 bits per heavy atom. The number of carbonyl (C=O) groups excluding carboxylic acids is 1. The van der Waals surface area contributed by atoms with Crippen molar-refractivity contribution in [2.45, 2.75) is 55.9 Å². The Morgan fingerprint density at radius 3 is 2.32 bits per heavy atom. The molecule has 0 fully saturated rings. The molecule has 2 aromatic rings. The molecule has 0 saturated carbocycles. The minimum absolute atomic E-state index is 0.0530. The fraction of sp³-hybridized carbons (Fsp3) is 0.478. The van der Waals surface area contributed by atoms with Crippen molar-refractivity contribution in [2.75, 3.05) is 6.61 Å². The predicted octanol–water partition coefficient (Wildman–Crippen LogP) is 4.65. The molecule has 1 aromatic carbocycles. The molecule has 0 aliphatic carbocycles. The summed E-state index contributed by atoms with van der Waals surface area (Å²) in [5.74, 6) is -3.28. The second-order valence-electron chi connectivity index (χ2n) is 8.58. The highest BCUT2D eigenvalue weighted by molar-refractivity contribution is 8.01. The van der Waals surface area contributed by atoms with E-state index in [2.05, 4.69) is 0 Å². The number of alkyl halides is 3. The highest BCUT2D eigenvalue weighted by Gasteiger charge is 2.42. The molecule has 204 valence electrons. The van der Waals surface area contributed by atoms with Gasteiger partial charge < -0.3 is 9.84 Å². The number of aromatic nitrogens is 2. The van der Waals surface area contributed by atoms with Crippen molar-refractivity contribution in [1.82, 2.24) is 9.13 Å². The van der Waals surface area contributed by atoms with Gasteiger partial charge in [-0.05, 0) is 37.8 Å². The van der Waals surface area contributed by atoms with E-state index in [1.54, 1.807) is 20.8 Å². The van der Waals surface area contributed by atoms with E-state index in [1.165, 1.54) is 0 Å². The van der Waals surface area contributed by atoms with Crippen molar-refractivity contribution >= 4 is 35.3 Å². The van der Waals surface area contributed by atoms with Crippen molar-refractivity contribution in [3.63, 3.8) is 0 Å². The molecule has 1 atom stereocenters. The Kier molecular flexibility index (Phi) is 9.64. The molecular weight excluding hydrogens is 544 g/mol. The summed E-state index contributed by atoms with van der Waals surface area (Å²) in [4.78, 5) is 49.5. The number of hydrogen-bond donors (Lipinski definition) is 1. The summed E-state index contributed by atoms with van der Waals surface area (Å²) in [6, 6.07) is 1.82. The topological polar surface area (TPSA) is 108 Å². The van der Waals surface area contributed by atoms with Crippen LogP contribution in [0.15, 0.2) is 32.7 Å². The third-order valence-corrected chi connectivity index (χ3v) is 7.24. The van der Waals surface area contributed by atoms with Gasteiger partial charge in [0.05, 0.1) is 17.3 Å². The van der Waals surface area contributed by atoms with Crippen molar-refractivity contribution in [2.24, 2.45) is 13.0 Å². The largest absolute Gasteiger partial charge is 0.480 e.